The summed E-state index contributed by atoms with van der Waals surface area (Å²) in [6.07, 6.45) is 8.13. The van der Waals surface area contributed by atoms with Crippen LogP contribution in [0, 0.1) is 17.2 Å². The molecule has 250 valence electrons. The zero-order chi connectivity index (χ0) is 30.5. The molecule has 2 heterocycles. The fraction of sp³-hybridized carbons (Fsp3) is 0.727. The molecule has 44 heavy (non-hydrogen) atoms. The number of piperidine rings is 1. The van der Waals surface area contributed by atoms with E-state index in [4.69, 9.17) is 0 Å². The summed E-state index contributed by atoms with van der Waals surface area (Å²) in [5.74, 6) is -0.245. The van der Waals surface area contributed by atoms with E-state index in [0.29, 0.717) is 51.0 Å². The summed E-state index contributed by atoms with van der Waals surface area (Å²) in [6.45, 7) is 10.4. The van der Waals surface area contributed by atoms with Gasteiger partial charge in [0.15, 0.2) is 0 Å². The molecule has 2 saturated heterocycles. The van der Waals surface area contributed by atoms with Crippen molar-refractivity contribution in [3.8, 4) is 0 Å². The van der Waals surface area contributed by atoms with E-state index in [2.05, 4.69) is 27.8 Å². The third-order valence-corrected chi connectivity index (χ3v) is 9.74. The molecule has 3 fully saturated rings. The molecule has 1 aromatic carbocycles. The van der Waals surface area contributed by atoms with E-state index in [0.717, 1.165) is 37.7 Å². The van der Waals surface area contributed by atoms with Gasteiger partial charge in [0, 0.05) is 44.2 Å². The summed E-state index contributed by atoms with van der Waals surface area (Å²) in [5.41, 5.74) is -0.0192. The third-order valence-electron chi connectivity index (χ3n) is 9.74. The van der Waals surface area contributed by atoms with Gasteiger partial charge in [-0.15, -0.1) is 24.8 Å². The summed E-state index contributed by atoms with van der Waals surface area (Å²) in [6, 6.07) is 5.29. The largest absolute Gasteiger partial charge is 0.351 e. The van der Waals surface area contributed by atoms with E-state index in [9.17, 15) is 18.8 Å². The first-order valence-corrected chi connectivity index (χ1v) is 16.0. The SMILES string of the molecule is CC[C@@H]1CN[C@H](C(=O)N[C@H](Cc2ccc(F)cc2)C(=O)N2CCC(C(=O)NC(C)(C)C)(C3CCCCC3)CC2)CN1C.Cl.Cl. The number of likely N-dealkylation sites (N-methyl/N-ethyl adjacent to an activating group) is 1. The molecule has 0 bridgehead atoms. The highest BCUT2D eigenvalue weighted by atomic mass is 35.5. The number of carbonyl (C=O) groups excluding carboxylic acids is 3. The summed E-state index contributed by atoms with van der Waals surface area (Å²) in [4.78, 5) is 45.3. The summed E-state index contributed by atoms with van der Waals surface area (Å²) >= 11 is 0. The molecule has 0 spiro atoms. The van der Waals surface area contributed by atoms with Crippen LogP contribution in [0.25, 0.3) is 0 Å². The molecule has 2 aliphatic heterocycles. The van der Waals surface area contributed by atoms with E-state index in [-0.39, 0.29) is 60.3 Å². The minimum Gasteiger partial charge on any atom is -0.351 e. The average molecular weight is 659 g/mol. The van der Waals surface area contributed by atoms with Crippen molar-refractivity contribution in [2.75, 3.05) is 33.2 Å². The normalized spacial score (nSPS) is 23.5. The number of hydrogen-bond donors (Lipinski definition) is 3. The lowest BCUT2D eigenvalue weighted by atomic mass is 9.63. The second-order valence-electron chi connectivity index (χ2n) is 13.9. The van der Waals surface area contributed by atoms with Crippen LogP contribution in [0.15, 0.2) is 24.3 Å². The Hall–Kier alpha value is -1.94. The summed E-state index contributed by atoms with van der Waals surface area (Å²) in [5, 5.41) is 9.66. The van der Waals surface area contributed by atoms with Crippen LogP contribution in [-0.2, 0) is 20.8 Å². The van der Waals surface area contributed by atoms with Gasteiger partial charge in [-0.05, 0) is 83.5 Å². The standard InChI is InChI=1S/C33H52FN5O3.2ClH/c1-6-26-21-35-28(22-38(26)5)29(40)36-27(20-23-12-14-25(34)15-13-23)30(41)39-18-16-33(17-19-39,24-10-8-7-9-11-24)31(42)37-32(2,3)4;;/h12-15,24,26-28,35H,6-11,16-22H2,1-5H3,(H,36,40)(H,37,42);2*1H/t26-,27-,28+;;/m1../s1. The second kappa shape index (κ2) is 16.6. The number of halogens is 3. The Balaban J connectivity index is 0.00000337. The fourth-order valence-corrected chi connectivity index (χ4v) is 7.18. The van der Waals surface area contributed by atoms with Crippen LogP contribution in [-0.4, -0.2) is 84.4 Å². The molecular weight excluding hydrogens is 604 g/mol. The van der Waals surface area contributed by atoms with Crippen molar-refractivity contribution in [2.45, 2.75) is 109 Å². The fourth-order valence-electron chi connectivity index (χ4n) is 7.18. The minimum atomic E-state index is -0.774. The first-order valence-electron chi connectivity index (χ1n) is 16.0. The number of benzene rings is 1. The van der Waals surface area contributed by atoms with Crippen molar-refractivity contribution in [1.82, 2.24) is 25.8 Å². The van der Waals surface area contributed by atoms with Gasteiger partial charge in [0.2, 0.25) is 17.7 Å². The van der Waals surface area contributed by atoms with Crippen molar-refractivity contribution in [1.29, 1.82) is 0 Å². The highest BCUT2D eigenvalue weighted by molar-refractivity contribution is 5.91. The lowest BCUT2D eigenvalue weighted by Gasteiger charge is -2.48. The number of nitrogens with one attached hydrogen (secondary N) is 3. The van der Waals surface area contributed by atoms with Crippen molar-refractivity contribution >= 4 is 42.5 Å². The summed E-state index contributed by atoms with van der Waals surface area (Å²) in [7, 11) is 2.03. The van der Waals surface area contributed by atoms with E-state index in [1.165, 1.54) is 18.6 Å². The van der Waals surface area contributed by atoms with Gasteiger partial charge < -0.3 is 25.8 Å². The van der Waals surface area contributed by atoms with Crippen LogP contribution in [0.1, 0.15) is 84.6 Å². The van der Waals surface area contributed by atoms with Crippen molar-refractivity contribution in [3.05, 3.63) is 35.6 Å². The molecule has 8 nitrogen and oxygen atoms in total. The van der Waals surface area contributed by atoms with Crippen LogP contribution in [0.2, 0.25) is 0 Å². The lowest BCUT2D eigenvalue weighted by molar-refractivity contribution is -0.147. The Morgan fingerprint density at radius 1 is 1.05 bits per heavy atom. The second-order valence-corrected chi connectivity index (χ2v) is 13.9. The molecule has 1 aromatic rings. The Kier molecular flexibility index (Phi) is 14.4. The molecule has 3 aliphatic rings. The summed E-state index contributed by atoms with van der Waals surface area (Å²) < 4.78 is 13.6. The van der Waals surface area contributed by atoms with Gasteiger partial charge in [0.1, 0.15) is 11.9 Å². The zero-order valence-corrected chi connectivity index (χ0v) is 28.8. The smallest absolute Gasteiger partial charge is 0.245 e. The lowest BCUT2D eigenvalue weighted by Crippen LogP contribution is -2.63. The van der Waals surface area contributed by atoms with Crippen LogP contribution >= 0.6 is 24.8 Å². The van der Waals surface area contributed by atoms with Gasteiger partial charge in [-0.25, -0.2) is 4.39 Å². The Labute approximate surface area is 275 Å². The van der Waals surface area contributed by atoms with Gasteiger partial charge in [-0.3, -0.25) is 14.4 Å². The van der Waals surface area contributed by atoms with Gasteiger partial charge in [-0.2, -0.15) is 0 Å². The van der Waals surface area contributed by atoms with Crippen molar-refractivity contribution in [2.24, 2.45) is 11.3 Å². The number of hydrogen-bond acceptors (Lipinski definition) is 5. The predicted molar refractivity (Wildman–Crippen MR) is 178 cm³/mol. The number of amides is 3. The Morgan fingerprint density at radius 2 is 1.66 bits per heavy atom. The minimum absolute atomic E-state index is 0. The third kappa shape index (κ3) is 9.54. The van der Waals surface area contributed by atoms with Crippen molar-refractivity contribution < 1.29 is 18.8 Å². The monoisotopic (exact) mass is 657 g/mol. The molecule has 3 atom stereocenters. The maximum atomic E-state index is 14.0. The maximum Gasteiger partial charge on any atom is 0.245 e. The molecular formula is C33H54Cl2FN5O3. The van der Waals surface area contributed by atoms with Gasteiger partial charge >= 0.3 is 0 Å². The highest BCUT2D eigenvalue weighted by Gasteiger charge is 2.49. The maximum absolute atomic E-state index is 14.0. The number of piperazine rings is 1. The Morgan fingerprint density at radius 3 is 2.20 bits per heavy atom. The molecule has 0 unspecified atom stereocenters. The molecule has 3 N–H and O–H groups in total. The molecule has 11 heteroatoms. The van der Waals surface area contributed by atoms with E-state index < -0.39 is 17.5 Å². The van der Waals surface area contributed by atoms with E-state index in [1.54, 1.807) is 12.1 Å². The quantitative estimate of drug-likeness (QED) is 0.383. The van der Waals surface area contributed by atoms with Crippen LogP contribution in [0.3, 0.4) is 0 Å². The Bertz CT molecular complexity index is 1090. The topological polar surface area (TPSA) is 93.8 Å². The molecule has 3 amide bonds. The van der Waals surface area contributed by atoms with Crippen molar-refractivity contribution in [3.63, 3.8) is 0 Å². The van der Waals surface area contributed by atoms with Gasteiger partial charge in [0.05, 0.1) is 11.5 Å². The van der Waals surface area contributed by atoms with E-state index in [1.807, 2.05) is 32.7 Å². The van der Waals surface area contributed by atoms with Crippen LogP contribution < -0.4 is 16.0 Å². The zero-order valence-electron chi connectivity index (χ0n) is 27.1. The first-order chi connectivity index (χ1) is 19.9. The number of carbonyl (C=O) groups is 3. The van der Waals surface area contributed by atoms with E-state index >= 15 is 0 Å². The number of nitrogens with zero attached hydrogens (tertiary/aromatic N) is 2. The number of likely N-dealkylation sites (tertiary alicyclic amines) is 1. The van der Waals surface area contributed by atoms with Gasteiger partial charge in [0.25, 0.3) is 0 Å². The average Bonchev–Trinajstić information content (AvgIpc) is 2.97. The molecule has 4 rings (SSSR count). The first kappa shape index (κ1) is 38.2. The molecule has 0 aromatic heterocycles. The predicted octanol–water partition coefficient (Wildman–Crippen LogP) is 4.48. The number of rotatable bonds is 8. The molecule has 1 saturated carbocycles. The highest BCUT2D eigenvalue weighted by Crippen LogP contribution is 2.46. The molecule has 1 aliphatic carbocycles. The van der Waals surface area contributed by atoms with Gasteiger partial charge in [-0.1, -0.05) is 38.3 Å². The van der Waals surface area contributed by atoms with Crippen LogP contribution in [0.5, 0.6) is 0 Å². The van der Waals surface area contributed by atoms with Crippen LogP contribution in [0.4, 0.5) is 4.39 Å². The molecule has 0 radical (unpaired) electrons.